The predicted octanol–water partition coefficient (Wildman–Crippen LogP) is 6.82. The van der Waals surface area contributed by atoms with Crippen LogP contribution in [0.5, 0.6) is 0 Å². The van der Waals surface area contributed by atoms with Crippen LogP contribution >= 0.6 is 81.5 Å². The molecule has 0 radical (unpaired) electrons. The number of hydrogen-bond acceptors (Lipinski definition) is 6. The van der Waals surface area contributed by atoms with Gasteiger partial charge in [0, 0.05) is 17.3 Å². The number of thioether (sulfide) groups is 2. The molecule has 1 atom stereocenters. The zero-order chi connectivity index (χ0) is 25.4. The number of carbonyl (C=O) groups excluding carboxylic acids is 2. The van der Waals surface area contributed by atoms with Crippen molar-refractivity contribution < 1.29 is 9.59 Å². The Hall–Kier alpha value is -1.65. The molecule has 0 aliphatic carbocycles. The molecule has 1 heterocycles. The summed E-state index contributed by atoms with van der Waals surface area (Å²) in [5.74, 6) is -0.821. The van der Waals surface area contributed by atoms with Crippen molar-refractivity contribution >= 4 is 93.3 Å². The summed E-state index contributed by atoms with van der Waals surface area (Å²) in [5, 5.41) is 5.12. The van der Waals surface area contributed by atoms with Gasteiger partial charge in [-0.05, 0) is 42.1 Å². The fraction of sp³-hybridized carbons (Fsp3) is 0.0909. The first-order valence-corrected chi connectivity index (χ1v) is 13.2. The molecule has 0 aliphatic rings. The average molecular weight is 609 g/mol. The molecule has 0 bridgehead atoms. The highest BCUT2D eigenvalue weighted by atomic mass is 35.6. The number of benzene rings is 2. The molecule has 1 aromatic heterocycles. The minimum Gasteiger partial charge on any atom is -0.336 e. The van der Waals surface area contributed by atoms with E-state index in [2.05, 4.69) is 20.6 Å². The Morgan fingerprint density at radius 1 is 0.857 bits per heavy atom. The van der Waals surface area contributed by atoms with Crippen molar-refractivity contribution in [3.05, 3.63) is 93.6 Å². The van der Waals surface area contributed by atoms with Crippen LogP contribution in [-0.4, -0.2) is 30.9 Å². The summed E-state index contributed by atoms with van der Waals surface area (Å²) in [4.78, 5) is 33.6. The van der Waals surface area contributed by atoms with E-state index < -0.39 is 21.0 Å². The van der Waals surface area contributed by atoms with Gasteiger partial charge < -0.3 is 10.6 Å². The Balaban J connectivity index is 1.74. The molecule has 13 heteroatoms. The summed E-state index contributed by atoms with van der Waals surface area (Å²) >= 11 is 32.3. The van der Waals surface area contributed by atoms with Gasteiger partial charge in [0.1, 0.15) is 19.9 Å². The molecule has 3 rings (SSSR count). The van der Waals surface area contributed by atoms with Crippen molar-refractivity contribution in [2.75, 3.05) is 0 Å². The highest BCUT2D eigenvalue weighted by Crippen LogP contribution is 2.39. The van der Waals surface area contributed by atoms with Crippen molar-refractivity contribution in [3.63, 3.8) is 0 Å². The van der Waals surface area contributed by atoms with Crippen LogP contribution in [0, 0.1) is 0 Å². The van der Waals surface area contributed by atoms with E-state index in [1.165, 1.54) is 6.20 Å². The van der Waals surface area contributed by atoms with E-state index in [1.807, 2.05) is 0 Å². The third-order valence-corrected chi connectivity index (χ3v) is 7.78. The first-order valence-electron chi connectivity index (χ1n) is 9.65. The van der Waals surface area contributed by atoms with Crippen molar-refractivity contribution in [3.8, 4) is 0 Å². The number of nitrogens with zero attached hydrogens (tertiary/aromatic N) is 2. The Morgan fingerprint density at radius 2 is 1.43 bits per heavy atom. The molecular formula is C22H15Cl5N4O2S2. The van der Waals surface area contributed by atoms with E-state index in [0.29, 0.717) is 16.2 Å². The molecular weight excluding hydrogens is 594 g/mol. The van der Waals surface area contributed by atoms with Gasteiger partial charge in [-0.1, -0.05) is 106 Å². The van der Waals surface area contributed by atoms with Crippen LogP contribution < -0.4 is 10.6 Å². The number of nitrogens with one attached hydrogen (secondary N) is 2. The molecule has 35 heavy (non-hydrogen) atoms. The van der Waals surface area contributed by atoms with E-state index in [0.717, 1.165) is 23.5 Å². The Kier molecular flexibility index (Phi) is 10.4. The second kappa shape index (κ2) is 13.1. The fourth-order valence-corrected chi connectivity index (χ4v) is 4.93. The zero-order valence-corrected chi connectivity index (χ0v) is 22.8. The molecule has 182 valence electrons. The van der Waals surface area contributed by atoms with Gasteiger partial charge in [-0.2, -0.15) is 0 Å². The highest BCUT2D eigenvalue weighted by molar-refractivity contribution is 8.03. The van der Waals surface area contributed by atoms with Crippen LogP contribution in [0.15, 0.2) is 92.6 Å². The van der Waals surface area contributed by atoms with Gasteiger partial charge in [-0.25, -0.2) is 9.97 Å². The molecule has 6 nitrogen and oxygen atoms in total. The third kappa shape index (κ3) is 8.75. The van der Waals surface area contributed by atoms with Crippen molar-refractivity contribution in [1.29, 1.82) is 0 Å². The molecule has 0 aliphatic heterocycles. The number of rotatable bonds is 8. The van der Waals surface area contributed by atoms with Crippen molar-refractivity contribution in [1.82, 2.24) is 20.6 Å². The predicted molar refractivity (Wildman–Crippen MR) is 144 cm³/mol. The number of amides is 2. The van der Waals surface area contributed by atoms with E-state index in [-0.39, 0.29) is 14.7 Å². The van der Waals surface area contributed by atoms with Crippen molar-refractivity contribution in [2.45, 2.75) is 19.3 Å². The molecule has 2 N–H and O–H groups in total. The number of alkyl halides is 3. The van der Waals surface area contributed by atoms with Gasteiger partial charge in [-0.3, -0.25) is 9.59 Å². The number of hydrogen-bond donors (Lipinski definition) is 2. The van der Waals surface area contributed by atoms with Crippen LogP contribution in [0.1, 0.15) is 20.7 Å². The largest absolute Gasteiger partial charge is 0.336 e. The second-order valence-corrected chi connectivity index (χ2v) is 12.0. The van der Waals surface area contributed by atoms with E-state index in [4.69, 9.17) is 58.0 Å². The third-order valence-electron chi connectivity index (χ3n) is 4.07. The van der Waals surface area contributed by atoms with E-state index in [1.54, 1.807) is 66.7 Å². The summed E-state index contributed by atoms with van der Waals surface area (Å²) < 4.78 is -2.02. The van der Waals surface area contributed by atoms with Crippen LogP contribution in [0.3, 0.4) is 0 Å². The van der Waals surface area contributed by atoms with Gasteiger partial charge >= 0.3 is 0 Å². The maximum Gasteiger partial charge on any atom is 0.256 e. The van der Waals surface area contributed by atoms with Gasteiger partial charge in [-0.15, -0.1) is 0 Å². The van der Waals surface area contributed by atoms with Gasteiger partial charge in [0.05, 0.1) is 0 Å². The molecule has 2 aromatic carbocycles. The lowest BCUT2D eigenvalue weighted by atomic mass is 10.2. The fourth-order valence-electron chi connectivity index (χ4n) is 2.50. The minimum absolute atomic E-state index is 0.139. The Labute approximate surface area is 235 Å². The lowest BCUT2D eigenvalue weighted by molar-refractivity contribution is 0.0947. The molecule has 0 saturated carbocycles. The maximum atomic E-state index is 12.6. The monoisotopic (exact) mass is 606 g/mol. The minimum atomic E-state index is -1.85. The standard InChI is InChI=1S/C22H15Cl5N4O2S2/c23-16(24)19(30-17(32)13-7-3-1-4-8-13)35-21-28-12-11-15(29-21)34-20(22(25,26)27)31-18(33)14-9-5-2-6-10-14/h1-12,20H,(H,30,32)(H,31,33)/t20-/m1/s1. The summed E-state index contributed by atoms with van der Waals surface area (Å²) in [6.45, 7) is 0. The molecule has 2 amide bonds. The van der Waals surface area contributed by atoms with E-state index >= 15 is 0 Å². The topological polar surface area (TPSA) is 84.0 Å². The van der Waals surface area contributed by atoms with Crippen LogP contribution in [0.25, 0.3) is 0 Å². The Morgan fingerprint density at radius 3 is 1.97 bits per heavy atom. The van der Waals surface area contributed by atoms with Gasteiger partial charge in [0.15, 0.2) is 5.16 Å². The summed E-state index contributed by atoms with van der Waals surface area (Å²) in [6.07, 6.45) is 1.48. The molecule has 0 fully saturated rings. The van der Waals surface area contributed by atoms with Gasteiger partial charge in [0.2, 0.25) is 3.79 Å². The highest BCUT2D eigenvalue weighted by Gasteiger charge is 2.35. The lowest BCUT2D eigenvalue weighted by Crippen LogP contribution is -2.41. The first-order chi connectivity index (χ1) is 16.6. The number of aromatic nitrogens is 2. The molecule has 0 saturated heterocycles. The van der Waals surface area contributed by atoms with Crippen LogP contribution in [0.4, 0.5) is 0 Å². The SMILES string of the molecule is O=C(NC(Sc1nccc(S[C@@H](NC(=O)c2ccccc2)C(Cl)(Cl)Cl)n1)=C(Cl)Cl)c1ccccc1. The van der Waals surface area contributed by atoms with E-state index in [9.17, 15) is 9.59 Å². The average Bonchev–Trinajstić information content (AvgIpc) is 2.84. The van der Waals surface area contributed by atoms with Crippen LogP contribution in [-0.2, 0) is 0 Å². The quantitative estimate of drug-likeness (QED) is 0.0960. The smallest absolute Gasteiger partial charge is 0.256 e. The number of halogens is 5. The zero-order valence-electron chi connectivity index (χ0n) is 17.4. The summed E-state index contributed by atoms with van der Waals surface area (Å²) in [7, 11) is 0. The van der Waals surface area contributed by atoms with Gasteiger partial charge in [0.25, 0.3) is 11.8 Å². The molecule has 3 aromatic rings. The normalized spacial score (nSPS) is 11.9. The summed E-state index contributed by atoms with van der Waals surface area (Å²) in [5.41, 5.74) is 0.831. The Bertz CT molecular complexity index is 1210. The molecule has 0 unspecified atom stereocenters. The number of carbonyl (C=O) groups is 2. The maximum absolute atomic E-state index is 12.6. The van der Waals surface area contributed by atoms with Crippen molar-refractivity contribution in [2.24, 2.45) is 0 Å². The summed E-state index contributed by atoms with van der Waals surface area (Å²) in [6, 6.07) is 18.7. The second-order valence-electron chi connectivity index (χ2n) is 6.57. The molecule has 0 spiro atoms. The van der Waals surface area contributed by atoms with Crippen LogP contribution in [0.2, 0.25) is 0 Å². The first kappa shape index (κ1) is 27.9. The lowest BCUT2D eigenvalue weighted by Gasteiger charge is -2.24.